The average Bonchev–Trinajstić information content (AvgIpc) is 3.16. The molecule has 1 atom stereocenters. The van der Waals surface area contributed by atoms with Crippen LogP contribution in [0.4, 0.5) is 10.1 Å². The maximum Gasteiger partial charge on any atom is 0.257 e. The molecule has 0 bridgehead atoms. The maximum absolute atomic E-state index is 13.6. The summed E-state index contributed by atoms with van der Waals surface area (Å²) in [6.07, 6.45) is 5.42. The van der Waals surface area contributed by atoms with E-state index in [2.05, 4.69) is 20.5 Å². The third-order valence-corrected chi connectivity index (χ3v) is 7.50. The Morgan fingerprint density at radius 1 is 1.42 bits per heavy atom. The highest BCUT2D eigenvalue weighted by Crippen LogP contribution is 2.48. The van der Waals surface area contributed by atoms with Crippen LogP contribution in [0, 0.1) is 5.82 Å². The van der Waals surface area contributed by atoms with Gasteiger partial charge in [-0.25, -0.2) is 9.38 Å². The van der Waals surface area contributed by atoms with Gasteiger partial charge in [-0.05, 0) is 50.2 Å². The molecule has 2 N–H and O–H groups in total. The fourth-order valence-corrected chi connectivity index (χ4v) is 5.92. The second kappa shape index (κ2) is 8.43. The van der Waals surface area contributed by atoms with E-state index in [-0.39, 0.29) is 16.3 Å². The predicted octanol–water partition coefficient (Wildman–Crippen LogP) is 3.56. The number of nitrogens with zero attached hydrogens (tertiary/aromatic N) is 3. The highest BCUT2D eigenvalue weighted by molar-refractivity contribution is 8.04. The van der Waals surface area contributed by atoms with Crippen LogP contribution in [0.15, 0.2) is 56.7 Å². The molecule has 162 valence electrons. The van der Waals surface area contributed by atoms with E-state index in [0.29, 0.717) is 18.1 Å². The lowest BCUT2D eigenvalue weighted by molar-refractivity contribution is -0.123. The Morgan fingerprint density at radius 2 is 2.29 bits per heavy atom. The SMILES string of the molecule is CN1CCC=C(C(=O)N2C=NC(Nc3ccc(F)c(Cl)c3)=C3C4=C(CNCC4)SC32)C1. The van der Waals surface area contributed by atoms with Gasteiger partial charge in [-0.3, -0.25) is 9.69 Å². The average molecular weight is 460 g/mol. The molecule has 31 heavy (non-hydrogen) atoms. The van der Waals surface area contributed by atoms with Gasteiger partial charge in [-0.1, -0.05) is 29.4 Å². The first-order valence-electron chi connectivity index (χ1n) is 10.3. The van der Waals surface area contributed by atoms with E-state index in [9.17, 15) is 9.18 Å². The molecular weight excluding hydrogens is 437 g/mol. The zero-order chi connectivity index (χ0) is 21.5. The minimum Gasteiger partial charge on any atom is -0.340 e. The van der Waals surface area contributed by atoms with Gasteiger partial charge in [0.1, 0.15) is 23.4 Å². The highest BCUT2D eigenvalue weighted by atomic mass is 35.5. The second-order valence-corrected chi connectivity index (χ2v) is 9.61. The first-order valence-corrected chi connectivity index (χ1v) is 11.6. The van der Waals surface area contributed by atoms with Crippen molar-refractivity contribution in [2.75, 3.05) is 38.5 Å². The number of carbonyl (C=O) groups is 1. The number of carbonyl (C=O) groups excluding carboxylic acids is 1. The number of likely N-dealkylation sites (N-methyl/N-ethyl adjacent to an activating group) is 1. The molecule has 0 radical (unpaired) electrons. The smallest absolute Gasteiger partial charge is 0.257 e. The number of fused-ring (bicyclic) bond motifs is 2. The molecule has 1 aromatic carbocycles. The number of rotatable bonds is 3. The third kappa shape index (κ3) is 3.93. The monoisotopic (exact) mass is 459 g/mol. The molecule has 9 heteroatoms. The quantitative estimate of drug-likeness (QED) is 0.723. The first-order chi connectivity index (χ1) is 15.0. The number of hydrogen-bond acceptors (Lipinski definition) is 6. The van der Waals surface area contributed by atoms with Gasteiger partial charge in [0.25, 0.3) is 5.91 Å². The Morgan fingerprint density at radius 3 is 3.10 bits per heavy atom. The zero-order valence-electron chi connectivity index (χ0n) is 17.1. The van der Waals surface area contributed by atoms with Gasteiger partial charge in [-0.2, -0.15) is 0 Å². The fourth-order valence-electron chi connectivity index (χ4n) is 4.29. The van der Waals surface area contributed by atoms with Crippen LogP contribution in [-0.4, -0.2) is 60.6 Å². The normalized spacial score (nSPS) is 23.6. The number of amides is 1. The molecule has 0 aromatic heterocycles. The molecule has 6 nitrogen and oxygen atoms in total. The summed E-state index contributed by atoms with van der Waals surface area (Å²) in [6, 6.07) is 4.52. The van der Waals surface area contributed by atoms with Crippen LogP contribution in [0.25, 0.3) is 0 Å². The number of halogens is 2. The number of thioether (sulfide) groups is 1. The van der Waals surface area contributed by atoms with E-state index in [1.54, 1.807) is 35.1 Å². The number of aliphatic imine (C=N–C) groups is 1. The summed E-state index contributed by atoms with van der Waals surface area (Å²) in [7, 11) is 2.03. The van der Waals surface area contributed by atoms with Crippen molar-refractivity contribution < 1.29 is 9.18 Å². The molecule has 1 aromatic rings. The largest absolute Gasteiger partial charge is 0.340 e. The third-order valence-electron chi connectivity index (χ3n) is 5.85. The minimum atomic E-state index is -0.461. The summed E-state index contributed by atoms with van der Waals surface area (Å²) in [4.78, 5) is 23.2. The van der Waals surface area contributed by atoms with Crippen molar-refractivity contribution in [1.82, 2.24) is 15.1 Å². The van der Waals surface area contributed by atoms with Crippen molar-refractivity contribution in [3.63, 3.8) is 0 Å². The van der Waals surface area contributed by atoms with Crippen LogP contribution < -0.4 is 10.6 Å². The Hall–Kier alpha value is -2.13. The lowest BCUT2D eigenvalue weighted by atomic mass is 9.98. The maximum atomic E-state index is 13.6. The molecular formula is C22H23ClFN5OS. The van der Waals surface area contributed by atoms with Crippen molar-refractivity contribution in [3.8, 4) is 0 Å². The second-order valence-electron chi connectivity index (χ2n) is 8.03. The summed E-state index contributed by atoms with van der Waals surface area (Å²) >= 11 is 7.67. The van der Waals surface area contributed by atoms with Crippen molar-refractivity contribution in [2.45, 2.75) is 18.2 Å². The zero-order valence-corrected chi connectivity index (χ0v) is 18.7. The van der Waals surface area contributed by atoms with Crippen LogP contribution in [0.2, 0.25) is 5.02 Å². The molecule has 0 saturated heterocycles. The molecule has 0 fully saturated rings. The van der Waals surface area contributed by atoms with E-state index in [0.717, 1.165) is 43.6 Å². The van der Waals surface area contributed by atoms with Gasteiger partial charge in [0, 0.05) is 41.4 Å². The van der Waals surface area contributed by atoms with Gasteiger partial charge in [0.2, 0.25) is 0 Å². The molecule has 5 rings (SSSR count). The van der Waals surface area contributed by atoms with Crippen LogP contribution in [0.1, 0.15) is 12.8 Å². The van der Waals surface area contributed by atoms with Gasteiger partial charge in [0.15, 0.2) is 0 Å². The molecule has 1 amide bonds. The topological polar surface area (TPSA) is 60.0 Å². The van der Waals surface area contributed by atoms with Crippen LogP contribution in [0.5, 0.6) is 0 Å². The molecule has 4 heterocycles. The Bertz CT molecular complexity index is 1070. The molecule has 1 unspecified atom stereocenters. The van der Waals surface area contributed by atoms with E-state index < -0.39 is 5.82 Å². The van der Waals surface area contributed by atoms with Crippen molar-refractivity contribution in [1.29, 1.82) is 0 Å². The summed E-state index contributed by atoms with van der Waals surface area (Å²) in [5.74, 6) is 0.227. The summed E-state index contributed by atoms with van der Waals surface area (Å²) in [5.41, 5.74) is 3.75. The van der Waals surface area contributed by atoms with Crippen LogP contribution in [-0.2, 0) is 4.79 Å². The van der Waals surface area contributed by atoms with Gasteiger partial charge in [0.05, 0.1) is 5.02 Å². The lowest BCUT2D eigenvalue weighted by Gasteiger charge is -2.33. The number of benzene rings is 1. The van der Waals surface area contributed by atoms with Gasteiger partial charge >= 0.3 is 0 Å². The minimum absolute atomic E-state index is 0.00184. The summed E-state index contributed by atoms with van der Waals surface area (Å²) in [5, 5.41) is 6.61. The van der Waals surface area contributed by atoms with E-state index in [1.165, 1.54) is 16.5 Å². The fraction of sp³-hybridized carbons (Fsp3) is 0.364. The molecule has 0 spiro atoms. The van der Waals surface area contributed by atoms with Crippen molar-refractivity contribution in [2.24, 2.45) is 4.99 Å². The van der Waals surface area contributed by atoms with Crippen molar-refractivity contribution >= 4 is 41.3 Å². The van der Waals surface area contributed by atoms with Gasteiger partial charge in [-0.15, -0.1) is 0 Å². The highest BCUT2D eigenvalue weighted by Gasteiger charge is 2.41. The molecule has 4 aliphatic rings. The Kier molecular flexibility index (Phi) is 5.64. The van der Waals surface area contributed by atoms with Crippen LogP contribution in [0.3, 0.4) is 0 Å². The van der Waals surface area contributed by atoms with Gasteiger partial charge < -0.3 is 15.5 Å². The van der Waals surface area contributed by atoms with E-state index in [1.807, 2.05) is 13.1 Å². The standard InChI is InChI=1S/C22H23ClFN5OS/c1-28-8-2-3-13(11-28)21(30)29-12-26-20(27-14-4-5-17(24)16(23)9-14)19-15-6-7-25-10-18(15)31-22(19)29/h3-5,9,12,22,25,27H,2,6-8,10-11H2,1H3. The van der Waals surface area contributed by atoms with E-state index in [4.69, 9.17) is 11.6 Å². The first kappa shape index (κ1) is 20.8. The summed E-state index contributed by atoms with van der Waals surface area (Å²) < 4.78 is 13.6. The molecule has 4 aliphatic heterocycles. The number of nitrogens with one attached hydrogen (secondary N) is 2. The number of anilines is 1. The van der Waals surface area contributed by atoms with Crippen molar-refractivity contribution in [3.05, 3.63) is 62.6 Å². The molecule has 0 saturated carbocycles. The summed E-state index contributed by atoms with van der Waals surface area (Å²) in [6.45, 7) is 3.29. The van der Waals surface area contributed by atoms with Crippen LogP contribution >= 0.6 is 23.4 Å². The molecule has 0 aliphatic carbocycles. The number of hydrogen-bond donors (Lipinski definition) is 2. The van der Waals surface area contributed by atoms with E-state index >= 15 is 0 Å². The Labute approximate surface area is 189 Å². The lowest BCUT2D eigenvalue weighted by Crippen LogP contribution is -2.43. The predicted molar refractivity (Wildman–Crippen MR) is 123 cm³/mol. The Balaban J connectivity index is 1.49.